The van der Waals surface area contributed by atoms with E-state index >= 15 is 0 Å². The molecule has 3 aromatic rings. The van der Waals surface area contributed by atoms with Crippen LogP contribution in [0.15, 0.2) is 36.7 Å². The minimum atomic E-state index is -0.286. The van der Waals surface area contributed by atoms with Crippen molar-refractivity contribution in [2.75, 3.05) is 5.32 Å². The molecule has 1 amide bonds. The van der Waals surface area contributed by atoms with Crippen molar-refractivity contribution in [1.82, 2.24) is 19.9 Å². The lowest BCUT2D eigenvalue weighted by atomic mass is 10.1. The number of aryl methyl sites for hydroxylation is 1. The summed E-state index contributed by atoms with van der Waals surface area (Å²) in [5.74, 6) is 0.413. The fourth-order valence-electron chi connectivity index (χ4n) is 2.50. The number of hydrogen-bond donors (Lipinski definition) is 2. The molecular weight excluding hydrogens is 321 g/mol. The number of carbonyl (C=O) groups excluding carboxylic acids is 1. The van der Waals surface area contributed by atoms with E-state index in [1.165, 1.54) is 19.1 Å². The van der Waals surface area contributed by atoms with Crippen molar-refractivity contribution >= 4 is 11.9 Å². The molecule has 0 saturated heterocycles. The van der Waals surface area contributed by atoms with Crippen LogP contribution in [0.5, 0.6) is 0 Å². The van der Waals surface area contributed by atoms with Crippen molar-refractivity contribution in [3.63, 3.8) is 0 Å². The summed E-state index contributed by atoms with van der Waals surface area (Å²) < 4.78 is 13.1. The van der Waals surface area contributed by atoms with Crippen LogP contribution in [0.4, 0.5) is 10.3 Å². The van der Waals surface area contributed by atoms with Crippen LogP contribution in [-0.4, -0.2) is 25.8 Å². The molecule has 3 rings (SSSR count). The summed E-state index contributed by atoms with van der Waals surface area (Å²) in [6.07, 6.45) is 5.02. The number of aromatic amines is 1. The number of anilines is 1. The van der Waals surface area contributed by atoms with Crippen LogP contribution in [0.3, 0.4) is 0 Å². The van der Waals surface area contributed by atoms with Gasteiger partial charge in [-0.2, -0.15) is 0 Å². The SMILES string of the molecule is CCCc1[nH]c(-c2ccc(F)cc2)nc1-c1cnc(NC(C)=O)nc1. The number of benzene rings is 1. The van der Waals surface area contributed by atoms with Gasteiger partial charge in [0, 0.05) is 36.1 Å². The van der Waals surface area contributed by atoms with E-state index in [2.05, 4.69) is 32.2 Å². The summed E-state index contributed by atoms with van der Waals surface area (Å²) in [4.78, 5) is 27.3. The minimum Gasteiger partial charge on any atom is -0.341 e. The highest BCUT2D eigenvalue weighted by atomic mass is 19.1. The second-order valence-electron chi connectivity index (χ2n) is 5.65. The number of rotatable bonds is 5. The Morgan fingerprint density at radius 2 is 1.84 bits per heavy atom. The van der Waals surface area contributed by atoms with Crippen LogP contribution in [0.2, 0.25) is 0 Å². The van der Waals surface area contributed by atoms with E-state index in [1.54, 1.807) is 24.5 Å². The predicted molar refractivity (Wildman–Crippen MR) is 93.3 cm³/mol. The summed E-state index contributed by atoms with van der Waals surface area (Å²) in [5, 5.41) is 2.53. The zero-order valence-electron chi connectivity index (χ0n) is 14.0. The molecule has 2 heterocycles. The van der Waals surface area contributed by atoms with Crippen molar-refractivity contribution < 1.29 is 9.18 Å². The van der Waals surface area contributed by atoms with Crippen LogP contribution in [0, 0.1) is 5.82 Å². The summed E-state index contributed by atoms with van der Waals surface area (Å²) >= 11 is 0. The summed E-state index contributed by atoms with van der Waals surface area (Å²) in [6, 6.07) is 6.18. The molecule has 0 unspecified atom stereocenters. The average Bonchev–Trinajstić information content (AvgIpc) is 3.00. The fourth-order valence-corrected chi connectivity index (χ4v) is 2.50. The van der Waals surface area contributed by atoms with Crippen molar-refractivity contribution in [3.8, 4) is 22.6 Å². The molecule has 128 valence electrons. The Balaban J connectivity index is 1.96. The third kappa shape index (κ3) is 3.88. The standard InChI is InChI=1S/C18H18FN5O/c1-3-4-15-16(13-9-20-18(21-10-13)22-11(2)25)24-17(23-15)12-5-7-14(19)8-6-12/h5-10H,3-4H2,1-2H3,(H,23,24)(H,20,21,22,25). The molecule has 2 N–H and O–H groups in total. The Labute approximate surface area is 144 Å². The minimum absolute atomic E-state index is 0.224. The van der Waals surface area contributed by atoms with Gasteiger partial charge in [0.15, 0.2) is 0 Å². The lowest BCUT2D eigenvalue weighted by Crippen LogP contribution is -2.08. The number of halogens is 1. The molecule has 1 aromatic carbocycles. The highest BCUT2D eigenvalue weighted by Gasteiger charge is 2.14. The van der Waals surface area contributed by atoms with Crippen molar-refractivity contribution in [1.29, 1.82) is 0 Å². The van der Waals surface area contributed by atoms with Gasteiger partial charge in [0.1, 0.15) is 11.6 Å². The number of amides is 1. The van der Waals surface area contributed by atoms with Gasteiger partial charge in [-0.25, -0.2) is 19.3 Å². The lowest BCUT2D eigenvalue weighted by Gasteiger charge is -2.03. The Hall–Kier alpha value is -3.09. The molecule has 0 saturated carbocycles. The van der Waals surface area contributed by atoms with Gasteiger partial charge in [0.05, 0.1) is 5.69 Å². The van der Waals surface area contributed by atoms with E-state index in [0.29, 0.717) is 5.82 Å². The molecule has 6 nitrogen and oxygen atoms in total. The number of aromatic nitrogens is 4. The summed E-state index contributed by atoms with van der Waals surface area (Å²) in [6.45, 7) is 3.48. The smallest absolute Gasteiger partial charge is 0.229 e. The molecule has 0 bridgehead atoms. The van der Waals surface area contributed by atoms with Crippen LogP contribution < -0.4 is 5.32 Å². The molecule has 2 aromatic heterocycles. The van der Waals surface area contributed by atoms with Gasteiger partial charge in [0.2, 0.25) is 11.9 Å². The van der Waals surface area contributed by atoms with Gasteiger partial charge in [0.25, 0.3) is 0 Å². The van der Waals surface area contributed by atoms with Crippen molar-refractivity contribution in [3.05, 3.63) is 48.2 Å². The molecule has 0 spiro atoms. The van der Waals surface area contributed by atoms with E-state index in [1.807, 2.05) is 0 Å². The fraction of sp³-hybridized carbons (Fsp3) is 0.222. The highest BCUT2D eigenvalue weighted by Crippen LogP contribution is 2.26. The monoisotopic (exact) mass is 339 g/mol. The van der Waals surface area contributed by atoms with Crippen molar-refractivity contribution in [2.45, 2.75) is 26.7 Å². The summed E-state index contributed by atoms with van der Waals surface area (Å²) in [5.41, 5.74) is 3.29. The maximum atomic E-state index is 13.1. The molecule has 0 aliphatic carbocycles. The van der Waals surface area contributed by atoms with Crippen LogP contribution in [0.1, 0.15) is 26.0 Å². The number of nitrogens with one attached hydrogen (secondary N) is 2. The first kappa shape index (κ1) is 16.8. The van der Waals surface area contributed by atoms with E-state index in [4.69, 9.17) is 0 Å². The predicted octanol–water partition coefficient (Wildman–Crippen LogP) is 3.58. The normalized spacial score (nSPS) is 10.7. The third-order valence-electron chi connectivity index (χ3n) is 3.61. The zero-order chi connectivity index (χ0) is 17.8. The van der Waals surface area contributed by atoms with Gasteiger partial charge >= 0.3 is 0 Å². The van der Waals surface area contributed by atoms with Gasteiger partial charge in [-0.1, -0.05) is 13.3 Å². The topological polar surface area (TPSA) is 83.6 Å². The lowest BCUT2D eigenvalue weighted by molar-refractivity contribution is -0.114. The zero-order valence-corrected chi connectivity index (χ0v) is 14.0. The number of H-pyrrole nitrogens is 1. The molecular formula is C18H18FN5O. The van der Waals surface area contributed by atoms with Crippen LogP contribution >= 0.6 is 0 Å². The quantitative estimate of drug-likeness (QED) is 0.744. The third-order valence-corrected chi connectivity index (χ3v) is 3.61. The molecule has 25 heavy (non-hydrogen) atoms. The van der Waals surface area contributed by atoms with Gasteiger partial charge in [-0.15, -0.1) is 0 Å². The number of nitrogens with zero attached hydrogens (tertiary/aromatic N) is 3. The largest absolute Gasteiger partial charge is 0.341 e. The van der Waals surface area contributed by atoms with E-state index in [9.17, 15) is 9.18 Å². The van der Waals surface area contributed by atoms with Gasteiger partial charge in [-0.3, -0.25) is 10.1 Å². The first-order valence-electron chi connectivity index (χ1n) is 8.01. The Bertz CT molecular complexity index is 871. The Kier molecular flexibility index (Phi) is 4.83. The molecule has 0 fully saturated rings. The average molecular weight is 339 g/mol. The first-order valence-corrected chi connectivity index (χ1v) is 8.01. The van der Waals surface area contributed by atoms with E-state index < -0.39 is 0 Å². The first-order chi connectivity index (χ1) is 12.1. The number of hydrogen-bond acceptors (Lipinski definition) is 4. The maximum Gasteiger partial charge on any atom is 0.229 e. The van der Waals surface area contributed by atoms with E-state index in [0.717, 1.165) is 35.4 Å². The molecule has 0 atom stereocenters. The molecule has 7 heteroatoms. The van der Waals surface area contributed by atoms with Gasteiger partial charge < -0.3 is 4.98 Å². The molecule has 0 aliphatic heterocycles. The summed E-state index contributed by atoms with van der Waals surface area (Å²) in [7, 11) is 0. The molecule has 0 aliphatic rings. The molecule has 0 radical (unpaired) electrons. The second-order valence-corrected chi connectivity index (χ2v) is 5.65. The Morgan fingerprint density at radius 1 is 1.16 bits per heavy atom. The number of carbonyl (C=O) groups is 1. The van der Waals surface area contributed by atoms with Crippen LogP contribution in [-0.2, 0) is 11.2 Å². The maximum absolute atomic E-state index is 13.1. The highest BCUT2D eigenvalue weighted by molar-refractivity contribution is 5.86. The van der Waals surface area contributed by atoms with Gasteiger partial charge in [-0.05, 0) is 30.7 Å². The second kappa shape index (κ2) is 7.21. The van der Waals surface area contributed by atoms with Crippen molar-refractivity contribution in [2.24, 2.45) is 0 Å². The van der Waals surface area contributed by atoms with E-state index in [-0.39, 0.29) is 17.7 Å². The Morgan fingerprint density at radius 3 is 2.44 bits per heavy atom. The van der Waals surface area contributed by atoms with Crippen LogP contribution in [0.25, 0.3) is 22.6 Å². The number of imidazole rings is 1.